The highest BCUT2D eigenvalue weighted by molar-refractivity contribution is 6.14. The van der Waals surface area contributed by atoms with Crippen LogP contribution in [0.25, 0.3) is 0 Å². The SMILES string of the molecule is C=C(C)C(=O)Oc1ccc2c(c1)C(=O)OC2=O. The number of cyclic esters (lactones) is 2. The van der Waals surface area contributed by atoms with Crippen LogP contribution >= 0.6 is 0 Å². The van der Waals surface area contributed by atoms with E-state index in [0.717, 1.165) is 0 Å². The number of carbonyl (C=O) groups is 3. The standard InChI is InChI=1S/C12H8O5/c1-6(2)10(13)16-7-3-4-8-9(5-7)12(15)17-11(8)14/h3-5H,1H2,2H3. The van der Waals surface area contributed by atoms with Crippen LogP contribution in [0.5, 0.6) is 5.75 Å². The minimum absolute atomic E-state index is 0.0991. The number of esters is 3. The molecule has 0 atom stereocenters. The Morgan fingerprint density at radius 1 is 1.24 bits per heavy atom. The van der Waals surface area contributed by atoms with Crippen molar-refractivity contribution in [2.45, 2.75) is 6.92 Å². The van der Waals surface area contributed by atoms with Crippen LogP contribution in [0.15, 0.2) is 30.4 Å². The van der Waals surface area contributed by atoms with E-state index in [-0.39, 0.29) is 22.4 Å². The van der Waals surface area contributed by atoms with Crippen molar-refractivity contribution in [3.8, 4) is 5.75 Å². The van der Waals surface area contributed by atoms with Crippen LogP contribution < -0.4 is 4.74 Å². The topological polar surface area (TPSA) is 69.7 Å². The van der Waals surface area contributed by atoms with E-state index < -0.39 is 17.9 Å². The average Bonchev–Trinajstić information content (AvgIpc) is 2.54. The highest BCUT2D eigenvalue weighted by Gasteiger charge is 2.30. The molecule has 1 aliphatic rings. The minimum atomic E-state index is -0.738. The van der Waals surface area contributed by atoms with Gasteiger partial charge in [0.1, 0.15) is 5.75 Å². The molecule has 1 aromatic carbocycles. The van der Waals surface area contributed by atoms with Crippen LogP contribution in [0.3, 0.4) is 0 Å². The predicted octanol–water partition coefficient (Wildman–Crippen LogP) is 1.48. The van der Waals surface area contributed by atoms with Crippen molar-refractivity contribution in [1.29, 1.82) is 0 Å². The largest absolute Gasteiger partial charge is 0.423 e. The third kappa shape index (κ3) is 1.94. The number of hydrogen-bond donors (Lipinski definition) is 0. The van der Waals surface area contributed by atoms with Crippen molar-refractivity contribution < 1.29 is 23.9 Å². The van der Waals surface area contributed by atoms with Gasteiger partial charge >= 0.3 is 17.9 Å². The molecular weight excluding hydrogens is 224 g/mol. The van der Waals surface area contributed by atoms with Crippen molar-refractivity contribution >= 4 is 17.9 Å². The van der Waals surface area contributed by atoms with E-state index in [0.29, 0.717) is 0 Å². The smallest absolute Gasteiger partial charge is 0.347 e. The lowest BCUT2D eigenvalue weighted by molar-refractivity contribution is -0.130. The molecule has 1 heterocycles. The first-order chi connectivity index (χ1) is 7.99. The molecule has 0 radical (unpaired) electrons. The molecule has 5 nitrogen and oxygen atoms in total. The Kier molecular flexibility index (Phi) is 2.51. The normalized spacial score (nSPS) is 13.0. The van der Waals surface area contributed by atoms with Crippen molar-refractivity contribution in [2.75, 3.05) is 0 Å². The third-order valence-electron chi connectivity index (χ3n) is 2.18. The maximum atomic E-state index is 11.3. The molecule has 0 aromatic heterocycles. The van der Waals surface area contributed by atoms with E-state index in [2.05, 4.69) is 11.3 Å². The van der Waals surface area contributed by atoms with Crippen molar-refractivity contribution in [3.05, 3.63) is 41.5 Å². The number of rotatable bonds is 2. The van der Waals surface area contributed by atoms with Gasteiger partial charge in [-0.05, 0) is 25.1 Å². The van der Waals surface area contributed by atoms with Crippen molar-refractivity contribution in [1.82, 2.24) is 0 Å². The molecule has 0 unspecified atom stereocenters. The molecule has 0 saturated heterocycles. The molecule has 0 N–H and O–H groups in total. The van der Waals surface area contributed by atoms with Crippen molar-refractivity contribution in [3.63, 3.8) is 0 Å². The average molecular weight is 232 g/mol. The Labute approximate surface area is 96.6 Å². The molecule has 0 aliphatic carbocycles. The van der Waals surface area contributed by atoms with Gasteiger partial charge in [0.25, 0.3) is 0 Å². The van der Waals surface area contributed by atoms with Gasteiger partial charge < -0.3 is 9.47 Å². The van der Waals surface area contributed by atoms with Crippen LogP contribution in [0.2, 0.25) is 0 Å². The molecule has 1 aromatic rings. The maximum absolute atomic E-state index is 11.3. The molecule has 5 heteroatoms. The molecule has 0 fully saturated rings. The zero-order valence-electron chi connectivity index (χ0n) is 8.98. The molecule has 1 aliphatic heterocycles. The van der Waals surface area contributed by atoms with Crippen LogP contribution in [0.4, 0.5) is 0 Å². The lowest BCUT2D eigenvalue weighted by Gasteiger charge is -2.03. The zero-order chi connectivity index (χ0) is 12.6. The molecule has 0 saturated carbocycles. The second-order valence-electron chi connectivity index (χ2n) is 3.55. The van der Waals surface area contributed by atoms with Gasteiger partial charge in [0, 0.05) is 5.57 Å². The highest BCUT2D eigenvalue weighted by Crippen LogP contribution is 2.24. The highest BCUT2D eigenvalue weighted by atomic mass is 16.6. The lowest BCUT2D eigenvalue weighted by Crippen LogP contribution is -2.08. The van der Waals surface area contributed by atoms with E-state index in [4.69, 9.17) is 4.74 Å². The Morgan fingerprint density at radius 2 is 1.88 bits per heavy atom. The first-order valence-corrected chi connectivity index (χ1v) is 4.77. The minimum Gasteiger partial charge on any atom is -0.423 e. The quantitative estimate of drug-likeness (QED) is 0.334. The summed E-state index contributed by atoms with van der Waals surface area (Å²) in [6.45, 7) is 4.94. The lowest BCUT2D eigenvalue weighted by atomic mass is 10.1. The van der Waals surface area contributed by atoms with Gasteiger partial charge in [-0.2, -0.15) is 0 Å². The summed E-state index contributed by atoms with van der Waals surface area (Å²) in [4.78, 5) is 33.7. The summed E-state index contributed by atoms with van der Waals surface area (Å²) >= 11 is 0. The molecular formula is C12H8O5. The fourth-order valence-electron chi connectivity index (χ4n) is 1.32. The molecule has 0 amide bonds. The van der Waals surface area contributed by atoms with Gasteiger partial charge in [-0.3, -0.25) is 0 Å². The number of carbonyl (C=O) groups excluding carboxylic acids is 3. The predicted molar refractivity (Wildman–Crippen MR) is 56.6 cm³/mol. The van der Waals surface area contributed by atoms with Crippen molar-refractivity contribution in [2.24, 2.45) is 0 Å². The van der Waals surface area contributed by atoms with Gasteiger partial charge in [0.05, 0.1) is 11.1 Å². The second-order valence-corrected chi connectivity index (χ2v) is 3.55. The fourth-order valence-corrected chi connectivity index (χ4v) is 1.32. The van der Waals surface area contributed by atoms with Gasteiger partial charge in [-0.1, -0.05) is 6.58 Å². The summed E-state index contributed by atoms with van der Waals surface area (Å²) in [6, 6.07) is 4.09. The van der Waals surface area contributed by atoms with Crippen LogP contribution in [0, 0.1) is 0 Å². The van der Waals surface area contributed by atoms with E-state index in [1.807, 2.05) is 0 Å². The summed E-state index contributed by atoms with van der Waals surface area (Å²) in [5, 5.41) is 0. The molecule has 2 rings (SSSR count). The van der Waals surface area contributed by atoms with Crippen LogP contribution in [0.1, 0.15) is 27.6 Å². The van der Waals surface area contributed by atoms with Gasteiger partial charge in [-0.15, -0.1) is 0 Å². The van der Waals surface area contributed by atoms with Gasteiger partial charge in [0.2, 0.25) is 0 Å². The maximum Gasteiger partial charge on any atom is 0.347 e. The van der Waals surface area contributed by atoms with Crippen LogP contribution in [-0.2, 0) is 9.53 Å². The van der Waals surface area contributed by atoms with E-state index in [9.17, 15) is 14.4 Å². The molecule has 17 heavy (non-hydrogen) atoms. The first-order valence-electron chi connectivity index (χ1n) is 4.77. The van der Waals surface area contributed by atoms with E-state index in [1.54, 1.807) is 0 Å². The summed E-state index contributed by atoms with van der Waals surface area (Å²) in [6.07, 6.45) is 0. The van der Waals surface area contributed by atoms with Crippen LogP contribution in [-0.4, -0.2) is 17.9 Å². The Bertz CT molecular complexity index is 556. The Morgan fingerprint density at radius 3 is 2.53 bits per heavy atom. The van der Waals surface area contributed by atoms with E-state index >= 15 is 0 Å². The summed E-state index contributed by atoms with van der Waals surface area (Å²) in [5.74, 6) is -1.85. The third-order valence-corrected chi connectivity index (χ3v) is 2.18. The van der Waals surface area contributed by atoms with E-state index in [1.165, 1.54) is 25.1 Å². The fraction of sp³-hybridized carbons (Fsp3) is 0.0833. The first kappa shape index (κ1) is 11.1. The number of fused-ring (bicyclic) bond motifs is 1. The monoisotopic (exact) mass is 232 g/mol. The summed E-state index contributed by atoms with van der Waals surface area (Å²) < 4.78 is 9.33. The van der Waals surface area contributed by atoms with Gasteiger partial charge in [0.15, 0.2) is 0 Å². The van der Waals surface area contributed by atoms with Gasteiger partial charge in [-0.25, -0.2) is 14.4 Å². The zero-order valence-corrected chi connectivity index (χ0v) is 8.98. The Balaban J connectivity index is 2.32. The molecule has 86 valence electrons. The Hall–Kier alpha value is -2.43. The molecule has 0 bridgehead atoms. The second kappa shape index (κ2) is 3.86. The number of benzene rings is 1. The summed E-state index contributed by atoms with van der Waals surface area (Å²) in [5.41, 5.74) is 0.510. The molecule has 0 spiro atoms. The number of hydrogen-bond acceptors (Lipinski definition) is 5. The number of ether oxygens (including phenoxy) is 2. The summed E-state index contributed by atoms with van der Waals surface area (Å²) in [7, 11) is 0.